The average Bonchev–Trinajstić information content (AvgIpc) is 2.85. The second-order valence-electron chi connectivity index (χ2n) is 5.36. The van der Waals surface area contributed by atoms with Crippen molar-refractivity contribution in [3.63, 3.8) is 0 Å². The lowest BCUT2D eigenvalue weighted by Crippen LogP contribution is -2.44. The van der Waals surface area contributed by atoms with Gasteiger partial charge in [-0.1, -0.05) is 0 Å². The van der Waals surface area contributed by atoms with Crippen LogP contribution in [0.3, 0.4) is 0 Å². The predicted octanol–water partition coefficient (Wildman–Crippen LogP) is -0.155. The number of nitrogens with zero attached hydrogens (tertiary/aromatic N) is 3. The van der Waals surface area contributed by atoms with Crippen molar-refractivity contribution in [3.05, 3.63) is 23.7 Å². The van der Waals surface area contributed by atoms with Crippen LogP contribution in [0.25, 0.3) is 6.08 Å². The molecule has 116 valence electrons. The Morgan fingerprint density at radius 1 is 1.36 bits per heavy atom. The summed E-state index contributed by atoms with van der Waals surface area (Å²) in [5.74, 6) is 0.155. The maximum absolute atomic E-state index is 11.5. The number of rotatable bonds is 3. The summed E-state index contributed by atoms with van der Waals surface area (Å²) in [5.41, 5.74) is 0.768. The number of likely N-dealkylation sites (N-methyl/N-ethyl adjacent to an activating group) is 1. The molecule has 0 bridgehead atoms. The first-order valence-corrected chi connectivity index (χ1v) is 7.24. The zero-order valence-corrected chi connectivity index (χ0v) is 12.3. The number of aromatic nitrogens is 2. The average molecular weight is 302 g/mol. The molecule has 1 atom stereocenters. The van der Waals surface area contributed by atoms with E-state index in [0.717, 1.165) is 25.9 Å². The minimum absolute atomic E-state index is 0.191. The van der Waals surface area contributed by atoms with Gasteiger partial charge in [0.2, 0.25) is 5.95 Å². The Balaban J connectivity index is 1.79. The Bertz CT molecular complexity index is 624. The summed E-state index contributed by atoms with van der Waals surface area (Å²) in [6.07, 6.45) is 5.41. The van der Waals surface area contributed by atoms with E-state index in [0.29, 0.717) is 17.7 Å². The molecule has 0 aromatic carbocycles. The van der Waals surface area contributed by atoms with E-state index in [1.54, 1.807) is 18.3 Å². The standard InChI is InChI=1S/C14H18N6O2/c1-20(10-3-2-5-15-8-10)13-16-6-4-9(17-13)7-11-12(21)19-14(22)18-11/h4,6-7,10,15H,2-3,5,8H2,1H3,(H2,18,19,21,22)/b11-7+. The smallest absolute Gasteiger partial charge is 0.326 e. The van der Waals surface area contributed by atoms with Crippen LogP contribution in [0, 0.1) is 0 Å². The molecule has 0 spiro atoms. The van der Waals surface area contributed by atoms with Gasteiger partial charge in [-0.2, -0.15) is 0 Å². The Morgan fingerprint density at radius 2 is 2.23 bits per heavy atom. The number of nitrogens with one attached hydrogen (secondary N) is 3. The summed E-state index contributed by atoms with van der Waals surface area (Å²) < 4.78 is 0. The number of hydrogen-bond donors (Lipinski definition) is 3. The van der Waals surface area contributed by atoms with Crippen LogP contribution in [-0.4, -0.2) is 48.1 Å². The van der Waals surface area contributed by atoms with E-state index in [1.165, 1.54) is 0 Å². The third-order valence-corrected chi connectivity index (χ3v) is 3.81. The van der Waals surface area contributed by atoms with Crippen molar-refractivity contribution < 1.29 is 9.59 Å². The number of piperidine rings is 1. The van der Waals surface area contributed by atoms with Crippen molar-refractivity contribution in [2.75, 3.05) is 25.0 Å². The summed E-state index contributed by atoms with van der Waals surface area (Å²) in [6.45, 7) is 1.95. The van der Waals surface area contributed by atoms with Crippen molar-refractivity contribution in [2.24, 2.45) is 0 Å². The third-order valence-electron chi connectivity index (χ3n) is 3.81. The van der Waals surface area contributed by atoms with Gasteiger partial charge in [-0.3, -0.25) is 10.1 Å². The van der Waals surface area contributed by atoms with Gasteiger partial charge in [-0.25, -0.2) is 14.8 Å². The Kier molecular flexibility index (Phi) is 4.01. The van der Waals surface area contributed by atoms with Crippen molar-refractivity contribution >= 4 is 24.0 Å². The first kappa shape index (κ1) is 14.5. The van der Waals surface area contributed by atoms with E-state index in [4.69, 9.17) is 0 Å². The molecule has 0 radical (unpaired) electrons. The van der Waals surface area contributed by atoms with Gasteiger partial charge >= 0.3 is 6.03 Å². The molecule has 3 rings (SSSR count). The molecule has 2 fully saturated rings. The molecule has 2 aliphatic heterocycles. The second kappa shape index (κ2) is 6.10. The first-order valence-electron chi connectivity index (χ1n) is 7.24. The largest absolute Gasteiger partial charge is 0.340 e. The number of hydrogen-bond acceptors (Lipinski definition) is 6. The molecule has 1 aromatic rings. The van der Waals surface area contributed by atoms with Crippen molar-refractivity contribution in [1.29, 1.82) is 0 Å². The van der Waals surface area contributed by atoms with Crippen molar-refractivity contribution in [1.82, 2.24) is 25.9 Å². The molecule has 0 aliphatic carbocycles. The van der Waals surface area contributed by atoms with E-state index in [9.17, 15) is 9.59 Å². The molecule has 1 aromatic heterocycles. The van der Waals surface area contributed by atoms with E-state index in [1.807, 2.05) is 11.9 Å². The minimum Gasteiger partial charge on any atom is -0.340 e. The lowest BCUT2D eigenvalue weighted by atomic mass is 10.1. The fraction of sp³-hybridized carbons (Fsp3) is 0.429. The number of amides is 3. The van der Waals surface area contributed by atoms with Crippen LogP contribution in [0.4, 0.5) is 10.7 Å². The van der Waals surface area contributed by atoms with Crippen molar-refractivity contribution in [3.8, 4) is 0 Å². The maximum atomic E-state index is 11.5. The summed E-state index contributed by atoms with van der Waals surface area (Å²) >= 11 is 0. The number of imide groups is 1. The summed E-state index contributed by atoms with van der Waals surface area (Å²) in [5, 5.41) is 7.96. The Morgan fingerprint density at radius 3 is 2.91 bits per heavy atom. The van der Waals surface area contributed by atoms with E-state index in [-0.39, 0.29) is 5.70 Å². The van der Waals surface area contributed by atoms with Gasteiger partial charge in [-0.05, 0) is 31.5 Å². The van der Waals surface area contributed by atoms with Gasteiger partial charge in [0, 0.05) is 25.8 Å². The van der Waals surface area contributed by atoms with Crippen LogP contribution < -0.4 is 20.9 Å². The van der Waals surface area contributed by atoms with Gasteiger partial charge in [-0.15, -0.1) is 0 Å². The van der Waals surface area contributed by atoms with Crippen LogP contribution in [0.1, 0.15) is 18.5 Å². The predicted molar refractivity (Wildman–Crippen MR) is 81.0 cm³/mol. The Labute approximate surface area is 128 Å². The van der Waals surface area contributed by atoms with Gasteiger partial charge in [0.1, 0.15) is 5.70 Å². The van der Waals surface area contributed by atoms with Gasteiger partial charge in [0.25, 0.3) is 5.91 Å². The molecular weight excluding hydrogens is 284 g/mol. The summed E-state index contributed by atoms with van der Waals surface area (Å²) in [6, 6.07) is 1.53. The normalized spacial score (nSPS) is 23.3. The molecule has 1 unspecified atom stereocenters. The van der Waals surface area contributed by atoms with E-state index >= 15 is 0 Å². The van der Waals surface area contributed by atoms with Crippen LogP contribution in [0.5, 0.6) is 0 Å². The fourth-order valence-electron chi connectivity index (χ4n) is 2.57. The van der Waals surface area contributed by atoms with Gasteiger partial charge in [0.05, 0.1) is 5.69 Å². The first-order chi connectivity index (χ1) is 10.6. The minimum atomic E-state index is -0.518. The van der Waals surface area contributed by atoms with Crippen LogP contribution >= 0.6 is 0 Å². The second-order valence-corrected chi connectivity index (χ2v) is 5.36. The lowest BCUT2D eigenvalue weighted by Gasteiger charge is -2.31. The fourth-order valence-corrected chi connectivity index (χ4v) is 2.57. The highest BCUT2D eigenvalue weighted by Gasteiger charge is 2.23. The zero-order chi connectivity index (χ0) is 15.5. The molecule has 2 saturated heterocycles. The topological polar surface area (TPSA) is 99.3 Å². The maximum Gasteiger partial charge on any atom is 0.326 e. The molecule has 22 heavy (non-hydrogen) atoms. The molecule has 3 heterocycles. The molecule has 0 saturated carbocycles. The van der Waals surface area contributed by atoms with E-state index < -0.39 is 11.9 Å². The zero-order valence-electron chi connectivity index (χ0n) is 12.3. The molecule has 8 heteroatoms. The summed E-state index contributed by atoms with van der Waals surface area (Å²) in [4.78, 5) is 33.4. The highest BCUT2D eigenvalue weighted by atomic mass is 16.2. The molecule has 3 N–H and O–H groups in total. The van der Waals surface area contributed by atoms with E-state index in [2.05, 4.69) is 25.9 Å². The number of carbonyl (C=O) groups is 2. The SMILES string of the molecule is CN(c1nccc(/C=C2/NC(=O)NC2=O)n1)C1CCCNC1. The van der Waals surface area contributed by atoms with Gasteiger partial charge in [0.15, 0.2) is 0 Å². The van der Waals surface area contributed by atoms with Crippen molar-refractivity contribution in [2.45, 2.75) is 18.9 Å². The molecule has 2 aliphatic rings. The number of urea groups is 1. The van der Waals surface area contributed by atoms with Crippen LogP contribution in [-0.2, 0) is 4.79 Å². The number of anilines is 1. The monoisotopic (exact) mass is 302 g/mol. The quantitative estimate of drug-likeness (QED) is 0.530. The lowest BCUT2D eigenvalue weighted by molar-refractivity contribution is -0.115. The third kappa shape index (κ3) is 3.06. The Hall–Kier alpha value is -2.48. The summed E-state index contributed by atoms with van der Waals surface area (Å²) in [7, 11) is 1.97. The molecular formula is C14H18N6O2. The van der Waals surface area contributed by atoms with Crippen LogP contribution in [0.2, 0.25) is 0 Å². The molecule has 8 nitrogen and oxygen atoms in total. The van der Waals surface area contributed by atoms with Crippen LogP contribution in [0.15, 0.2) is 18.0 Å². The highest BCUT2D eigenvalue weighted by molar-refractivity contribution is 6.13. The highest BCUT2D eigenvalue weighted by Crippen LogP contribution is 2.16. The van der Waals surface area contributed by atoms with Gasteiger partial charge < -0.3 is 15.5 Å². The number of carbonyl (C=O) groups excluding carboxylic acids is 2. The molecule has 3 amide bonds.